The van der Waals surface area contributed by atoms with Crippen LogP contribution in [-0.4, -0.2) is 28.5 Å². The Morgan fingerprint density at radius 3 is 2.82 bits per heavy atom. The zero-order valence-corrected chi connectivity index (χ0v) is 14.3. The summed E-state index contributed by atoms with van der Waals surface area (Å²) in [6, 6.07) is 8.10. The SMILES string of the molecule is CCCOC(=O)CCSc1nnc(Nc2ccc(C)cc2)s1. The van der Waals surface area contributed by atoms with Crippen LogP contribution in [0.15, 0.2) is 28.6 Å². The van der Waals surface area contributed by atoms with Gasteiger partial charge < -0.3 is 10.1 Å². The highest BCUT2D eigenvalue weighted by Gasteiger charge is 2.07. The number of nitrogens with zero attached hydrogens (tertiary/aromatic N) is 2. The van der Waals surface area contributed by atoms with Crippen LogP contribution >= 0.6 is 23.1 Å². The normalized spacial score (nSPS) is 10.5. The van der Waals surface area contributed by atoms with E-state index in [-0.39, 0.29) is 5.97 Å². The lowest BCUT2D eigenvalue weighted by Gasteiger charge is -2.01. The number of aryl methyl sites for hydroxylation is 1. The summed E-state index contributed by atoms with van der Waals surface area (Å²) < 4.78 is 5.87. The molecule has 0 spiro atoms. The summed E-state index contributed by atoms with van der Waals surface area (Å²) in [5.74, 6) is 0.499. The number of carbonyl (C=O) groups excluding carboxylic acids is 1. The van der Waals surface area contributed by atoms with Crippen LogP contribution in [0.2, 0.25) is 0 Å². The second-order valence-electron chi connectivity index (χ2n) is 4.68. The van der Waals surface area contributed by atoms with E-state index >= 15 is 0 Å². The molecule has 22 heavy (non-hydrogen) atoms. The molecule has 1 N–H and O–H groups in total. The van der Waals surface area contributed by atoms with Crippen LogP contribution in [0.3, 0.4) is 0 Å². The monoisotopic (exact) mass is 337 g/mol. The fourth-order valence-corrected chi connectivity index (χ4v) is 3.35. The van der Waals surface area contributed by atoms with Gasteiger partial charge in [-0.1, -0.05) is 47.7 Å². The van der Waals surface area contributed by atoms with Gasteiger partial charge >= 0.3 is 5.97 Å². The number of anilines is 2. The minimum Gasteiger partial charge on any atom is -0.466 e. The lowest BCUT2D eigenvalue weighted by Crippen LogP contribution is -2.05. The molecule has 0 radical (unpaired) electrons. The Balaban J connectivity index is 1.76. The maximum absolute atomic E-state index is 11.4. The van der Waals surface area contributed by atoms with Gasteiger partial charge in [-0.2, -0.15) is 0 Å². The quantitative estimate of drug-likeness (QED) is 0.580. The third-order valence-corrected chi connectivity index (χ3v) is 4.68. The van der Waals surface area contributed by atoms with E-state index < -0.39 is 0 Å². The molecule has 2 rings (SSSR count). The van der Waals surface area contributed by atoms with Crippen molar-refractivity contribution in [3.05, 3.63) is 29.8 Å². The van der Waals surface area contributed by atoms with Crippen molar-refractivity contribution in [2.75, 3.05) is 17.7 Å². The first-order valence-corrected chi connectivity index (χ1v) is 8.93. The van der Waals surface area contributed by atoms with E-state index in [9.17, 15) is 4.79 Å². The van der Waals surface area contributed by atoms with Crippen molar-refractivity contribution in [3.63, 3.8) is 0 Å². The van der Waals surface area contributed by atoms with E-state index in [0.29, 0.717) is 18.8 Å². The van der Waals surface area contributed by atoms with Crippen LogP contribution in [-0.2, 0) is 9.53 Å². The molecule has 0 unspecified atom stereocenters. The van der Waals surface area contributed by atoms with E-state index in [2.05, 4.69) is 22.4 Å². The zero-order chi connectivity index (χ0) is 15.8. The average molecular weight is 337 g/mol. The van der Waals surface area contributed by atoms with Crippen LogP contribution in [0, 0.1) is 6.92 Å². The van der Waals surface area contributed by atoms with Crippen molar-refractivity contribution in [1.82, 2.24) is 10.2 Å². The summed E-state index contributed by atoms with van der Waals surface area (Å²) >= 11 is 3.00. The Labute approximate surface area is 138 Å². The third-order valence-electron chi connectivity index (χ3n) is 2.71. The van der Waals surface area contributed by atoms with Crippen molar-refractivity contribution in [2.24, 2.45) is 0 Å². The van der Waals surface area contributed by atoms with E-state index in [0.717, 1.165) is 21.6 Å². The van der Waals surface area contributed by atoms with Crippen molar-refractivity contribution in [2.45, 2.75) is 31.0 Å². The van der Waals surface area contributed by atoms with Gasteiger partial charge in [0.2, 0.25) is 5.13 Å². The lowest BCUT2D eigenvalue weighted by molar-refractivity contribution is -0.143. The van der Waals surface area contributed by atoms with Gasteiger partial charge in [0.25, 0.3) is 0 Å². The molecule has 0 aliphatic carbocycles. The number of thioether (sulfide) groups is 1. The Hall–Kier alpha value is -1.60. The molecular weight excluding hydrogens is 318 g/mol. The summed E-state index contributed by atoms with van der Waals surface area (Å²) in [4.78, 5) is 11.4. The predicted octanol–water partition coefficient (Wildman–Crippen LogP) is 4.03. The van der Waals surface area contributed by atoms with Crippen LogP contribution in [0.5, 0.6) is 0 Å². The lowest BCUT2D eigenvalue weighted by atomic mass is 10.2. The van der Waals surface area contributed by atoms with Crippen molar-refractivity contribution in [3.8, 4) is 0 Å². The van der Waals surface area contributed by atoms with Gasteiger partial charge in [0.15, 0.2) is 4.34 Å². The van der Waals surface area contributed by atoms with Gasteiger partial charge in [-0.3, -0.25) is 4.79 Å². The molecule has 0 bridgehead atoms. The first-order chi connectivity index (χ1) is 10.7. The molecule has 5 nitrogen and oxygen atoms in total. The van der Waals surface area contributed by atoms with E-state index in [1.54, 1.807) is 0 Å². The second kappa shape index (κ2) is 8.75. The number of esters is 1. The van der Waals surface area contributed by atoms with Gasteiger partial charge in [-0.15, -0.1) is 10.2 Å². The predicted molar refractivity (Wildman–Crippen MR) is 91.0 cm³/mol. The molecule has 118 valence electrons. The van der Waals surface area contributed by atoms with Gasteiger partial charge in [-0.05, 0) is 25.5 Å². The highest BCUT2D eigenvalue weighted by atomic mass is 32.2. The highest BCUT2D eigenvalue weighted by molar-refractivity contribution is 8.01. The fourth-order valence-electron chi connectivity index (χ4n) is 1.59. The number of ether oxygens (including phenoxy) is 1. The average Bonchev–Trinajstić information content (AvgIpc) is 2.95. The topological polar surface area (TPSA) is 64.1 Å². The molecular formula is C15H19N3O2S2. The molecule has 0 atom stereocenters. The molecule has 0 saturated heterocycles. The smallest absolute Gasteiger partial charge is 0.306 e. The van der Waals surface area contributed by atoms with Crippen molar-refractivity contribution < 1.29 is 9.53 Å². The molecule has 2 aromatic rings. The first kappa shape index (κ1) is 16.8. The van der Waals surface area contributed by atoms with Crippen LogP contribution in [0.4, 0.5) is 10.8 Å². The standard InChI is InChI=1S/C15H19N3O2S2/c1-3-9-20-13(19)8-10-21-15-18-17-14(22-15)16-12-6-4-11(2)5-7-12/h4-7H,3,8-10H2,1-2H3,(H,16,17). The number of nitrogens with one attached hydrogen (secondary N) is 1. The second-order valence-corrected chi connectivity index (χ2v) is 7.00. The Bertz CT molecular complexity index is 599. The van der Waals surface area contributed by atoms with Gasteiger partial charge in [0, 0.05) is 11.4 Å². The Kier molecular flexibility index (Phi) is 6.67. The molecule has 1 aromatic carbocycles. The van der Waals surface area contributed by atoms with Crippen LogP contribution < -0.4 is 5.32 Å². The van der Waals surface area contributed by atoms with Crippen molar-refractivity contribution in [1.29, 1.82) is 0 Å². The molecule has 0 fully saturated rings. The maximum atomic E-state index is 11.4. The first-order valence-electron chi connectivity index (χ1n) is 7.13. The molecule has 1 aromatic heterocycles. The van der Waals surface area contributed by atoms with Gasteiger partial charge in [-0.25, -0.2) is 0 Å². The van der Waals surface area contributed by atoms with Gasteiger partial charge in [0.05, 0.1) is 13.0 Å². The summed E-state index contributed by atoms with van der Waals surface area (Å²) in [6.45, 7) is 4.52. The summed E-state index contributed by atoms with van der Waals surface area (Å²) in [6.07, 6.45) is 1.24. The minimum atomic E-state index is -0.156. The molecule has 0 aliphatic rings. The number of rotatable bonds is 8. The van der Waals surface area contributed by atoms with Crippen molar-refractivity contribution >= 4 is 39.9 Å². The highest BCUT2D eigenvalue weighted by Crippen LogP contribution is 2.28. The number of benzene rings is 1. The summed E-state index contributed by atoms with van der Waals surface area (Å²) in [5, 5.41) is 12.2. The Morgan fingerprint density at radius 2 is 2.09 bits per heavy atom. The number of hydrogen-bond donors (Lipinski definition) is 1. The third kappa shape index (κ3) is 5.65. The molecule has 0 aliphatic heterocycles. The maximum Gasteiger partial charge on any atom is 0.306 e. The Morgan fingerprint density at radius 1 is 1.32 bits per heavy atom. The van der Waals surface area contributed by atoms with Crippen LogP contribution in [0.25, 0.3) is 0 Å². The van der Waals surface area contributed by atoms with E-state index in [1.807, 2.05) is 31.2 Å². The molecule has 0 amide bonds. The molecule has 0 saturated carbocycles. The summed E-state index contributed by atoms with van der Waals surface area (Å²) in [7, 11) is 0. The largest absolute Gasteiger partial charge is 0.466 e. The van der Waals surface area contributed by atoms with Crippen LogP contribution in [0.1, 0.15) is 25.3 Å². The van der Waals surface area contributed by atoms with E-state index in [1.165, 1.54) is 28.7 Å². The minimum absolute atomic E-state index is 0.156. The van der Waals surface area contributed by atoms with Gasteiger partial charge in [0.1, 0.15) is 0 Å². The molecule has 1 heterocycles. The fraction of sp³-hybridized carbons (Fsp3) is 0.400. The van der Waals surface area contributed by atoms with E-state index in [4.69, 9.17) is 4.74 Å². The molecule has 7 heteroatoms. The number of carbonyl (C=O) groups is 1. The zero-order valence-electron chi connectivity index (χ0n) is 12.7. The summed E-state index contributed by atoms with van der Waals surface area (Å²) in [5.41, 5.74) is 2.20. The number of hydrogen-bond acceptors (Lipinski definition) is 7. The number of aromatic nitrogens is 2.